The van der Waals surface area contributed by atoms with Gasteiger partial charge in [0.25, 0.3) is 5.91 Å². The zero-order chi connectivity index (χ0) is 18.1. The molecule has 0 aliphatic carbocycles. The predicted molar refractivity (Wildman–Crippen MR) is 106 cm³/mol. The largest absolute Gasteiger partial charge is 0.496 e. The van der Waals surface area contributed by atoms with Crippen molar-refractivity contribution in [1.82, 2.24) is 9.88 Å². The second-order valence-corrected chi connectivity index (χ2v) is 7.25. The maximum atomic E-state index is 13.0. The Labute approximate surface area is 155 Å². The summed E-state index contributed by atoms with van der Waals surface area (Å²) in [6.45, 7) is 0.466. The van der Waals surface area contributed by atoms with E-state index in [0.29, 0.717) is 17.9 Å². The molecule has 0 aliphatic heterocycles. The molecular formula is C21H18N2O2S. The standard InChI is InChI=1S/C21H18N2O2S/c1-23(13-20-22-17-9-5-6-10-19(17)26-20)21(24)16-11-14-7-3-4-8-15(14)12-18(16)25-2/h3-12H,13H2,1-2H3. The number of methoxy groups -OCH3 is 1. The van der Waals surface area contributed by atoms with Gasteiger partial charge in [-0.05, 0) is 35.0 Å². The fourth-order valence-corrected chi connectivity index (χ4v) is 4.04. The number of thiazole rings is 1. The molecule has 0 saturated heterocycles. The molecule has 4 aromatic rings. The van der Waals surface area contributed by atoms with E-state index in [2.05, 4.69) is 4.98 Å². The van der Waals surface area contributed by atoms with Crippen LogP contribution in [-0.4, -0.2) is 29.9 Å². The average Bonchev–Trinajstić information content (AvgIpc) is 3.08. The number of benzene rings is 3. The Morgan fingerprint density at radius 2 is 1.77 bits per heavy atom. The molecule has 0 fully saturated rings. The van der Waals surface area contributed by atoms with Crippen LogP contribution in [-0.2, 0) is 6.54 Å². The van der Waals surface area contributed by atoms with Crippen LogP contribution in [0.15, 0.2) is 60.7 Å². The zero-order valence-corrected chi connectivity index (χ0v) is 15.4. The second-order valence-electron chi connectivity index (χ2n) is 6.14. The van der Waals surface area contributed by atoms with E-state index in [4.69, 9.17) is 4.74 Å². The Morgan fingerprint density at radius 3 is 2.50 bits per heavy atom. The molecule has 0 bridgehead atoms. The van der Waals surface area contributed by atoms with Crippen LogP contribution in [0.4, 0.5) is 0 Å². The third-order valence-electron chi connectivity index (χ3n) is 4.36. The van der Waals surface area contributed by atoms with Gasteiger partial charge < -0.3 is 9.64 Å². The van der Waals surface area contributed by atoms with Crippen molar-refractivity contribution in [3.63, 3.8) is 0 Å². The Hall–Kier alpha value is -2.92. The number of para-hydroxylation sites is 1. The molecule has 5 heteroatoms. The van der Waals surface area contributed by atoms with Gasteiger partial charge in [0.1, 0.15) is 10.8 Å². The molecule has 1 aromatic heterocycles. The summed E-state index contributed by atoms with van der Waals surface area (Å²) in [6.07, 6.45) is 0. The first-order valence-electron chi connectivity index (χ1n) is 8.32. The second kappa shape index (κ2) is 6.77. The Kier molecular flexibility index (Phi) is 4.31. The maximum Gasteiger partial charge on any atom is 0.257 e. The first kappa shape index (κ1) is 16.5. The molecule has 0 unspecified atom stereocenters. The molecule has 26 heavy (non-hydrogen) atoms. The number of aromatic nitrogens is 1. The lowest BCUT2D eigenvalue weighted by molar-refractivity contribution is 0.0782. The number of ether oxygens (including phenoxy) is 1. The van der Waals surface area contributed by atoms with Crippen molar-refractivity contribution < 1.29 is 9.53 Å². The molecule has 0 radical (unpaired) electrons. The van der Waals surface area contributed by atoms with Crippen LogP contribution >= 0.6 is 11.3 Å². The SMILES string of the molecule is COc1cc2ccccc2cc1C(=O)N(C)Cc1nc2ccccc2s1. The first-order valence-corrected chi connectivity index (χ1v) is 9.14. The van der Waals surface area contributed by atoms with Gasteiger partial charge in [-0.2, -0.15) is 0 Å². The van der Waals surface area contributed by atoms with Crippen molar-refractivity contribution in [3.8, 4) is 5.75 Å². The topological polar surface area (TPSA) is 42.4 Å². The quantitative estimate of drug-likeness (QED) is 0.527. The lowest BCUT2D eigenvalue weighted by Crippen LogP contribution is -2.26. The number of fused-ring (bicyclic) bond motifs is 2. The lowest BCUT2D eigenvalue weighted by Gasteiger charge is -2.18. The van der Waals surface area contributed by atoms with Crippen molar-refractivity contribution >= 4 is 38.2 Å². The Balaban J connectivity index is 1.64. The summed E-state index contributed by atoms with van der Waals surface area (Å²) < 4.78 is 6.59. The van der Waals surface area contributed by atoms with Crippen LogP contribution in [0.25, 0.3) is 21.0 Å². The first-order chi connectivity index (χ1) is 12.7. The minimum atomic E-state index is -0.0770. The minimum absolute atomic E-state index is 0.0770. The molecule has 0 atom stereocenters. The normalized spacial score (nSPS) is 11.0. The monoisotopic (exact) mass is 362 g/mol. The van der Waals surface area contributed by atoms with Crippen molar-refractivity contribution in [1.29, 1.82) is 0 Å². The molecule has 0 saturated carbocycles. The summed E-state index contributed by atoms with van der Waals surface area (Å²) in [5.41, 5.74) is 1.53. The van der Waals surface area contributed by atoms with E-state index in [0.717, 1.165) is 26.0 Å². The van der Waals surface area contributed by atoms with E-state index in [1.165, 1.54) is 0 Å². The van der Waals surface area contributed by atoms with E-state index < -0.39 is 0 Å². The zero-order valence-electron chi connectivity index (χ0n) is 14.6. The highest BCUT2D eigenvalue weighted by molar-refractivity contribution is 7.18. The van der Waals surface area contributed by atoms with Crippen molar-refractivity contribution in [3.05, 3.63) is 71.2 Å². The summed E-state index contributed by atoms with van der Waals surface area (Å²) in [6, 6.07) is 19.8. The van der Waals surface area contributed by atoms with E-state index in [1.807, 2.05) is 60.7 Å². The van der Waals surface area contributed by atoms with Gasteiger partial charge in [0.2, 0.25) is 0 Å². The molecule has 1 heterocycles. The molecule has 0 N–H and O–H groups in total. The highest BCUT2D eigenvalue weighted by Crippen LogP contribution is 2.28. The Morgan fingerprint density at radius 1 is 1.08 bits per heavy atom. The summed E-state index contributed by atoms with van der Waals surface area (Å²) in [4.78, 5) is 19.3. The number of carbonyl (C=O) groups is 1. The van der Waals surface area contributed by atoms with E-state index in [-0.39, 0.29) is 5.91 Å². The molecule has 130 valence electrons. The van der Waals surface area contributed by atoms with Crippen molar-refractivity contribution in [2.45, 2.75) is 6.54 Å². The van der Waals surface area contributed by atoms with Gasteiger partial charge in [-0.15, -0.1) is 11.3 Å². The van der Waals surface area contributed by atoms with E-state index in [1.54, 1.807) is 30.4 Å². The molecular weight excluding hydrogens is 344 g/mol. The highest BCUT2D eigenvalue weighted by atomic mass is 32.1. The van der Waals surface area contributed by atoms with E-state index in [9.17, 15) is 4.79 Å². The van der Waals surface area contributed by atoms with Gasteiger partial charge >= 0.3 is 0 Å². The third-order valence-corrected chi connectivity index (χ3v) is 5.38. The summed E-state index contributed by atoms with van der Waals surface area (Å²) in [5.74, 6) is 0.511. The highest BCUT2D eigenvalue weighted by Gasteiger charge is 2.19. The third kappa shape index (κ3) is 3.02. The fraction of sp³-hybridized carbons (Fsp3) is 0.143. The lowest BCUT2D eigenvalue weighted by atomic mass is 10.0. The van der Waals surface area contributed by atoms with Gasteiger partial charge in [-0.25, -0.2) is 4.98 Å². The number of carbonyl (C=O) groups excluding carboxylic acids is 1. The molecule has 0 aliphatic rings. The number of hydrogen-bond donors (Lipinski definition) is 0. The van der Waals surface area contributed by atoms with Gasteiger partial charge in [0.15, 0.2) is 0 Å². The van der Waals surface area contributed by atoms with E-state index >= 15 is 0 Å². The fourth-order valence-electron chi connectivity index (χ4n) is 3.02. The number of hydrogen-bond acceptors (Lipinski definition) is 4. The number of amides is 1. The van der Waals surface area contributed by atoms with Gasteiger partial charge in [0, 0.05) is 7.05 Å². The average molecular weight is 362 g/mol. The van der Waals surface area contributed by atoms with Crippen LogP contribution < -0.4 is 4.74 Å². The molecule has 1 amide bonds. The van der Waals surface area contributed by atoms with Gasteiger partial charge in [-0.1, -0.05) is 36.4 Å². The number of nitrogens with zero attached hydrogens (tertiary/aromatic N) is 2. The summed E-state index contributed by atoms with van der Waals surface area (Å²) in [7, 11) is 3.39. The molecule has 0 spiro atoms. The summed E-state index contributed by atoms with van der Waals surface area (Å²) in [5, 5.41) is 2.99. The minimum Gasteiger partial charge on any atom is -0.496 e. The molecule has 4 nitrogen and oxygen atoms in total. The van der Waals surface area contributed by atoms with Crippen molar-refractivity contribution in [2.24, 2.45) is 0 Å². The predicted octanol–water partition coefficient (Wildman–Crippen LogP) is 4.73. The van der Waals surface area contributed by atoms with Gasteiger partial charge in [0.05, 0.1) is 29.4 Å². The maximum absolute atomic E-state index is 13.0. The van der Waals surface area contributed by atoms with Crippen LogP contribution in [0.3, 0.4) is 0 Å². The molecule has 4 rings (SSSR count). The van der Waals surface area contributed by atoms with Crippen LogP contribution in [0.5, 0.6) is 5.75 Å². The van der Waals surface area contributed by atoms with Crippen LogP contribution in [0, 0.1) is 0 Å². The summed E-state index contributed by atoms with van der Waals surface area (Å²) >= 11 is 1.61. The Bertz CT molecular complexity index is 1070. The smallest absolute Gasteiger partial charge is 0.257 e. The van der Waals surface area contributed by atoms with Gasteiger partial charge in [-0.3, -0.25) is 4.79 Å². The number of rotatable bonds is 4. The van der Waals surface area contributed by atoms with Crippen LogP contribution in [0.1, 0.15) is 15.4 Å². The van der Waals surface area contributed by atoms with Crippen molar-refractivity contribution in [2.75, 3.05) is 14.2 Å². The van der Waals surface area contributed by atoms with Crippen LogP contribution in [0.2, 0.25) is 0 Å². The molecule has 3 aromatic carbocycles.